The zero-order valence-corrected chi connectivity index (χ0v) is 12.4. The van der Waals surface area contributed by atoms with Gasteiger partial charge in [-0.25, -0.2) is 0 Å². The van der Waals surface area contributed by atoms with E-state index < -0.39 is 0 Å². The zero-order valence-electron chi connectivity index (χ0n) is 11.7. The molecule has 0 radical (unpaired) electrons. The van der Waals surface area contributed by atoms with E-state index in [2.05, 4.69) is 0 Å². The summed E-state index contributed by atoms with van der Waals surface area (Å²) in [6.07, 6.45) is 0. The second-order valence-electron chi connectivity index (χ2n) is 4.84. The Bertz CT molecular complexity index is 874. The van der Waals surface area contributed by atoms with E-state index >= 15 is 0 Å². The van der Waals surface area contributed by atoms with Gasteiger partial charge in [-0.15, -0.1) is 0 Å². The number of halogens is 1. The Balaban J connectivity index is 2.41. The number of hydrogen-bond acceptors (Lipinski definition) is 4. The summed E-state index contributed by atoms with van der Waals surface area (Å²) >= 11 is 6.12. The molecule has 0 saturated heterocycles. The van der Waals surface area contributed by atoms with Crippen LogP contribution in [0.3, 0.4) is 0 Å². The van der Waals surface area contributed by atoms with Crippen molar-refractivity contribution in [1.82, 2.24) is 0 Å². The van der Waals surface area contributed by atoms with Crippen molar-refractivity contribution in [3.8, 4) is 34.1 Å². The Morgan fingerprint density at radius 1 is 0.818 bits per heavy atom. The first-order valence-electron chi connectivity index (χ1n) is 6.53. The van der Waals surface area contributed by atoms with Crippen LogP contribution < -0.4 is 4.74 Å². The molecule has 0 aliphatic carbocycles. The lowest BCUT2D eigenvalue weighted by atomic mass is 9.96. The van der Waals surface area contributed by atoms with Crippen molar-refractivity contribution in [3.05, 3.63) is 47.5 Å². The van der Waals surface area contributed by atoms with Gasteiger partial charge in [0.15, 0.2) is 0 Å². The maximum absolute atomic E-state index is 10.2. The molecule has 3 aromatic rings. The molecule has 3 aromatic carbocycles. The molecule has 0 aromatic heterocycles. The van der Waals surface area contributed by atoms with Gasteiger partial charge in [0.25, 0.3) is 0 Å². The Kier molecular flexibility index (Phi) is 3.47. The Morgan fingerprint density at radius 2 is 1.45 bits per heavy atom. The number of phenolic OH excluding ortho intramolecular Hbond substituents is 3. The SMILES string of the molecule is COc1ccc2c(-c3c(O)ccc(O)c3Cl)c(O)ccc2c1. The summed E-state index contributed by atoms with van der Waals surface area (Å²) in [5, 5.41) is 31.6. The van der Waals surface area contributed by atoms with E-state index in [4.69, 9.17) is 16.3 Å². The van der Waals surface area contributed by atoms with E-state index in [0.717, 1.165) is 5.39 Å². The average Bonchev–Trinajstić information content (AvgIpc) is 2.52. The third-order valence-electron chi connectivity index (χ3n) is 3.55. The molecular weight excluding hydrogens is 304 g/mol. The minimum Gasteiger partial charge on any atom is -0.507 e. The van der Waals surface area contributed by atoms with Crippen LogP contribution in [0.4, 0.5) is 0 Å². The summed E-state index contributed by atoms with van der Waals surface area (Å²) in [7, 11) is 1.57. The largest absolute Gasteiger partial charge is 0.507 e. The fraction of sp³-hybridized carbons (Fsp3) is 0.0588. The highest BCUT2D eigenvalue weighted by Crippen LogP contribution is 2.47. The van der Waals surface area contributed by atoms with Crippen LogP contribution in [-0.2, 0) is 0 Å². The standard InChI is InChI=1S/C17H13ClO4/c1-22-10-3-4-11-9(8-10)2-5-12(19)15(11)16-13(20)6-7-14(21)17(16)18/h2-8,19-21H,1H3. The summed E-state index contributed by atoms with van der Waals surface area (Å²) in [4.78, 5) is 0. The Labute approximate surface area is 131 Å². The molecule has 0 spiro atoms. The minimum absolute atomic E-state index is 0.0152. The second kappa shape index (κ2) is 5.31. The number of fused-ring (bicyclic) bond motifs is 1. The molecule has 3 N–H and O–H groups in total. The van der Waals surface area contributed by atoms with E-state index in [1.165, 1.54) is 18.2 Å². The molecule has 0 saturated carbocycles. The van der Waals surface area contributed by atoms with Crippen LogP contribution in [0.5, 0.6) is 23.0 Å². The third-order valence-corrected chi connectivity index (χ3v) is 3.94. The van der Waals surface area contributed by atoms with Gasteiger partial charge in [-0.05, 0) is 47.2 Å². The highest BCUT2D eigenvalue weighted by molar-refractivity contribution is 6.35. The quantitative estimate of drug-likeness (QED) is 0.617. The topological polar surface area (TPSA) is 69.9 Å². The van der Waals surface area contributed by atoms with Crippen molar-refractivity contribution in [1.29, 1.82) is 0 Å². The molecule has 22 heavy (non-hydrogen) atoms. The zero-order chi connectivity index (χ0) is 15.9. The molecule has 5 heteroatoms. The highest BCUT2D eigenvalue weighted by Gasteiger charge is 2.19. The highest BCUT2D eigenvalue weighted by atomic mass is 35.5. The number of methoxy groups -OCH3 is 1. The molecule has 0 fully saturated rings. The smallest absolute Gasteiger partial charge is 0.135 e. The van der Waals surface area contributed by atoms with Crippen molar-refractivity contribution in [3.63, 3.8) is 0 Å². The molecule has 0 aliphatic rings. The van der Waals surface area contributed by atoms with Crippen LogP contribution in [0.15, 0.2) is 42.5 Å². The monoisotopic (exact) mass is 316 g/mol. The normalized spacial score (nSPS) is 10.8. The number of phenols is 3. The third kappa shape index (κ3) is 2.18. The van der Waals surface area contributed by atoms with Gasteiger partial charge < -0.3 is 20.1 Å². The number of ether oxygens (including phenoxy) is 1. The molecule has 4 nitrogen and oxygen atoms in total. The fourth-order valence-electron chi connectivity index (χ4n) is 2.48. The lowest BCUT2D eigenvalue weighted by Gasteiger charge is -2.14. The van der Waals surface area contributed by atoms with Gasteiger partial charge in [0.05, 0.1) is 17.7 Å². The summed E-state index contributed by atoms with van der Waals surface area (Å²) in [6.45, 7) is 0. The van der Waals surface area contributed by atoms with E-state index in [-0.39, 0.29) is 27.8 Å². The number of aromatic hydroxyl groups is 3. The van der Waals surface area contributed by atoms with Gasteiger partial charge in [-0.3, -0.25) is 0 Å². The maximum atomic E-state index is 10.2. The van der Waals surface area contributed by atoms with Gasteiger partial charge in [0.2, 0.25) is 0 Å². The molecule has 0 bridgehead atoms. The van der Waals surface area contributed by atoms with Gasteiger partial charge in [-0.1, -0.05) is 17.7 Å². The number of rotatable bonds is 2. The fourth-order valence-corrected chi connectivity index (χ4v) is 2.73. The lowest BCUT2D eigenvalue weighted by Crippen LogP contribution is -1.88. The molecule has 3 rings (SSSR count). The predicted molar refractivity (Wildman–Crippen MR) is 85.9 cm³/mol. The first kappa shape index (κ1) is 14.4. The van der Waals surface area contributed by atoms with Crippen LogP contribution in [0.1, 0.15) is 0 Å². The van der Waals surface area contributed by atoms with Crippen LogP contribution in [-0.4, -0.2) is 22.4 Å². The Morgan fingerprint density at radius 3 is 2.18 bits per heavy atom. The van der Waals surface area contributed by atoms with Gasteiger partial charge in [0, 0.05) is 5.56 Å². The lowest BCUT2D eigenvalue weighted by molar-refractivity contribution is 0.415. The van der Waals surface area contributed by atoms with Crippen molar-refractivity contribution >= 4 is 22.4 Å². The molecule has 0 heterocycles. The van der Waals surface area contributed by atoms with E-state index in [1.54, 1.807) is 25.3 Å². The molecule has 0 aliphatic heterocycles. The van der Waals surface area contributed by atoms with Crippen LogP contribution >= 0.6 is 11.6 Å². The van der Waals surface area contributed by atoms with E-state index in [0.29, 0.717) is 16.7 Å². The summed E-state index contributed by atoms with van der Waals surface area (Å²) in [5.74, 6) is 0.344. The molecule has 112 valence electrons. The van der Waals surface area contributed by atoms with Crippen LogP contribution in [0.2, 0.25) is 5.02 Å². The summed E-state index contributed by atoms with van der Waals surface area (Å²) < 4.78 is 5.19. The van der Waals surface area contributed by atoms with Crippen molar-refractivity contribution in [2.75, 3.05) is 7.11 Å². The van der Waals surface area contributed by atoms with Crippen molar-refractivity contribution in [2.24, 2.45) is 0 Å². The van der Waals surface area contributed by atoms with E-state index in [1.807, 2.05) is 6.07 Å². The molecule has 0 atom stereocenters. The molecule has 0 amide bonds. The van der Waals surface area contributed by atoms with Crippen LogP contribution in [0, 0.1) is 0 Å². The molecular formula is C17H13ClO4. The van der Waals surface area contributed by atoms with Crippen molar-refractivity contribution in [2.45, 2.75) is 0 Å². The maximum Gasteiger partial charge on any atom is 0.135 e. The van der Waals surface area contributed by atoms with Crippen LogP contribution in [0.25, 0.3) is 21.9 Å². The first-order valence-corrected chi connectivity index (χ1v) is 6.91. The summed E-state index contributed by atoms with van der Waals surface area (Å²) in [6, 6.07) is 11.2. The minimum atomic E-state index is -0.167. The van der Waals surface area contributed by atoms with Gasteiger partial charge in [0.1, 0.15) is 23.0 Å². The number of hydrogen-bond donors (Lipinski definition) is 3. The summed E-state index contributed by atoms with van der Waals surface area (Å²) in [5.41, 5.74) is 0.550. The average molecular weight is 317 g/mol. The predicted octanol–water partition coefficient (Wildman–Crippen LogP) is 4.29. The van der Waals surface area contributed by atoms with Gasteiger partial charge in [-0.2, -0.15) is 0 Å². The first-order chi connectivity index (χ1) is 10.5. The van der Waals surface area contributed by atoms with Crippen molar-refractivity contribution < 1.29 is 20.1 Å². The Hall–Kier alpha value is -2.59. The molecule has 0 unspecified atom stereocenters. The van der Waals surface area contributed by atoms with Gasteiger partial charge >= 0.3 is 0 Å². The number of benzene rings is 3. The van der Waals surface area contributed by atoms with E-state index in [9.17, 15) is 15.3 Å². The second-order valence-corrected chi connectivity index (χ2v) is 5.22.